The van der Waals surface area contributed by atoms with Gasteiger partial charge in [-0.25, -0.2) is 0 Å². The van der Waals surface area contributed by atoms with Crippen LogP contribution in [0.15, 0.2) is 48.5 Å². The molecule has 0 unspecified atom stereocenters. The van der Waals surface area contributed by atoms with Gasteiger partial charge < -0.3 is 14.4 Å². The van der Waals surface area contributed by atoms with Crippen molar-refractivity contribution in [3.8, 4) is 0 Å². The maximum absolute atomic E-state index is 13.7. The first-order chi connectivity index (χ1) is 12.0. The van der Waals surface area contributed by atoms with E-state index in [1.165, 1.54) is 0 Å². The first kappa shape index (κ1) is 19.6. The molecule has 136 valence electrons. The smallest absolute Gasteiger partial charge is 0.140 e. The van der Waals surface area contributed by atoms with E-state index >= 15 is 0 Å². The summed E-state index contributed by atoms with van der Waals surface area (Å²) in [7, 11) is -2.63. The highest BCUT2D eigenvalue weighted by Gasteiger charge is 2.22. The van der Waals surface area contributed by atoms with Crippen molar-refractivity contribution in [3.63, 3.8) is 0 Å². The van der Waals surface area contributed by atoms with Crippen LogP contribution in [0.25, 0.3) is 0 Å². The molecule has 0 saturated carbocycles. The van der Waals surface area contributed by atoms with E-state index in [0.29, 0.717) is 0 Å². The van der Waals surface area contributed by atoms with Crippen molar-refractivity contribution in [2.75, 3.05) is 42.6 Å². The fraction of sp³-hybridized carbons (Fsp3) is 0.429. The summed E-state index contributed by atoms with van der Waals surface area (Å²) >= 11 is 0. The van der Waals surface area contributed by atoms with Crippen molar-refractivity contribution in [1.82, 2.24) is 0 Å². The summed E-state index contributed by atoms with van der Waals surface area (Å²) in [5.41, 5.74) is 2.29. The van der Waals surface area contributed by atoms with E-state index in [9.17, 15) is 4.57 Å². The molecule has 0 spiro atoms. The standard InChI is InChI=1S/C21H31N2OP/c1-6-22(7-2)18-12-10-14-20(16-18)25(5,24)21-15-11-13-19(17-21)23(8-3)9-4/h10-17H,6-9H2,1-5H3. The lowest BCUT2D eigenvalue weighted by molar-refractivity contribution is 0.590. The second-order valence-electron chi connectivity index (χ2n) is 6.31. The fourth-order valence-electron chi connectivity index (χ4n) is 3.24. The van der Waals surface area contributed by atoms with Crippen LogP contribution < -0.4 is 20.4 Å². The lowest BCUT2D eigenvalue weighted by Gasteiger charge is -2.24. The van der Waals surface area contributed by atoms with Crippen LogP contribution in [0.4, 0.5) is 11.4 Å². The molecule has 4 heteroatoms. The van der Waals surface area contributed by atoms with Crippen LogP contribution in [0, 0.1) is 0 Å². The SMILES string of the molecule is CCN(CC)c1cccc(P(C)(=O)c2cccc(N(CC)CC)c2)c1. The van der Waals surface area contributed by atoms with Gasteiger partial charge in [-0.2, -0.15) is 0 Å². The predicted octanol–water partition coefficient (Wildman–Crippen LogP) is 4.32. The van der Waals surface area contributed by atoms with Crippen LogP contribution in [0.1, 0.15) is 27.7 Å². The number of benzene rings is 2. The zero-order valence-electron chi connectivity index (χ0n) is 16.2. The Kier molecular flexibility index (Phi) is 6.72. The Labute approximate surface area is 153 Å². The minimum atomic E-state index is -2.63. The second kappa shape index (κ2) is 8.58. The third-order valence-electron chi connectivity index (χ3n) is 4.90. The Bertz CT molecular complexity index is 677. The summed E-state index contributed by atoms with van der Waals surface area (Å²) in [5, 5.41) is 1.85. The van der Waals surface area contributed by atoms with E-state index in [-0.39, 0.29) is 0 Å². The van der Waals surface area contributed by atoms with Crippen LogP contribution in [0.5, 0.6) is 0 Å². The number of rotatable bonds is 8. The van der Waals surface area contributed by atoms with Crippen molar-refractivity contribution in [3.05, 3.63) is 48.5 Å². The van der Waals surface area contributed by atoms with Crippen molar-refractivity contribution in [2.24, 2.45) is 0 Å². The van der Waals surface area contributed by atoms with E-state index in [0.717, 1.165) is 48.2 Å². The monoisotopic (exact) mass is 358 g/mol. The van der Waals surface area contributed by atoms with Gasteiger partial charge in [-0.15, -0.1) is 0 Å². The predicted molar refractivity (Wildman–Crippen MR) is 113 cm³/mol. The molecule has 0 bridgehead atoms. The maximum atomic E-state index is 13.7. The molecule has 0 heterocycles. The Morgan fingerprint density at radius 1 is 0.720 bits per heavy atom. The van der Waals surface area contributed by atoms with Gasteiger partial charge in [0.25, 0.3) is 0 Å². The topological polar surface area (TPSA) is 23.6 Å². The Balaban J connectivity index is 2.44. The molecule has 0 aromatic heterocycles. The largest absolute Gasteiger partial charge is 0.372 e. The molecule has 0 saturated heterocycles. The lowest BCUT2D eigenvalue weighted by atomic mass is 10.3. The zero-order valence-corrected chi connectivity index (χ0v) is 17.1. The highest BCUT2D eigenvalue weighted by atomic mass is 31.2. The normalized spacial score (nSPS) is 11.4. The maximum Gasteiger partial charge on any atom is 0.140 e. The summed E-state index contributed by atoms with van der Waals surface area (Å²) in [6.07, 6.45) is 0. The van der Waals surface area contributed by atoms with Gasteiger partial charge in [0.2, 0.25) is 0 Å². The zero-order chi connectivity index (χ0) is 18.4. The van der Waals surface area contributed by atoms with Crippen molar-refractivity contribution in [1.29, 1.82) is 0 Å². The summed E-state index contributed by atoms with van der Waals surface area (Å²) in [6.45, 7) is 14.3. The van der Waals surface area contributed by atoms with Crippen molar-refractivity contribution in [2.45, 2.75) is 27.7 Å². The average molecular weight is 358 g/mol. The minimum Gasteiger partial charge on any atom is -0.372 e. The molecule has 2 aromatic carbocycles. The van der Waals surface area contributed by atoms with Gasteiger partial charge >= 0.3 is 0 Å². The van der Waals surface area contributed by atoms with E-state index < -0.39 is 7.14 Å². The molecule has 2 rings (SSSR count). The Hall–Kier alpha value is -1.73. The molecule has 0 N–H and O–H groups in total. The summed E-state index contributed by atoms with van der Waals surface area (Å²) in [4.78, 5) is 4.58. The Morgan fingerprint density at radius 2 is 1.08 bits per heavy atom. The first-order valence-corrected chi connectivity index (χ1v) is 11.4. The molecule has 0 aliphatic rings. The van der Waals surface area contributed by atoms with E-state index in [1.807, 2.05) is 30.9 Å². The highest BCUT2D eigenvalue weighted by molar-refractivity contribution is 7.78. The third-order valence-corrected chi connectivity index (χ3v) is 7.43. The molecule has 0 atom stereocenters. The number of anilines is 2. The molecule has 0 fully saturated rings. The molecule has 0 aliphatic carbocycles. The molecule has 0 aliphatic heterocycles. The van der Waals surface area contributed by atoms with Crippen LogP contribution >= 0.6 is 7.14 Å². The highest BCUT2D eigenvalue weighted by Crippen LogP contribution is 2.40. The average Bonchev–Trinajstić information content (AvgIpc) is 2.64. The van der Waals surface area contributed by atoms with Crippen molar-refractivity contribution < 1.29 is 4.57 Å². The van der Waals surface area contributed by atoms with Gasteiger partial charge in [-0.1, -0.05) is 24.3 Å². The van der Waals surface area contributed by atoms with E-state index in [2.05, 4.69) is 61.8 Å². The van der Waals surface area contributed by atoms with Gasteiger partial charge in [-0.3, -0.25) is 0 Å². The van der Waals surface area contributed by atoms with Gasteiger partial charge in [0.1, 0.15) is 7.14 Å². The molecule has 25 heavy (non-hydrogen) atoms. The van der Waals surface area contributed by atoms with Gasteiger partial charge in [0, 0.05) is 48.2 Å². The first-order valence-electron chi connectivity index (χ1n) is 9.26. The van der Waals surface area contributed by atoms with Gasteiger partial charge in [0.05, 0.1) is 0 Å². The van der Waals surface area contributed by atoms with Crippen LogP contribution in [0.3, 0.4) is 0 Å². The summed E-state index contributed by atoms with van der Waals surface area (Å²) < 4.78 is 13.7. The van der Waals surface area contributed by atoms with E-state index in [4.69, 9.17) is 0 Å². The molecule has 0 amide bonds. The molecule has 3 nitrogen and oxygen atoms in total. The lowest BCUT2D eigenvalue weighted by Crippen LogP contribution is -2.25. The van der Waals surface area contributed by atoms with Crippen LogP contribution in [-0.4, -0.2) is 32.8 Å². The summed E-state index contributed by atoms with van der Waals surface area (Å²) in [5.74, 6) is 0. The van der Waals surface area contributed by atoms with Gasteiger partial charge in [0.15, 0.2) is 0 Å². The van der Waals surface area contributed by atoms with Crippen molar-refractivity contribution >= 4 is 29.1 Å². The fourth-order valence-corrected chi connectivity index (χ4v) is 5.03. The number of nitrogens with zero attached hydrogens (tertiary/aromatic N) is 2. The summed E-state index contributed by atoms with van der Waals surface area (Å²) in [6, 6.07) is 16.4. The van der Waals surface area contributed by atoms with Crippen LogP contribution in [-0.2, 0) is 4.57 Å². The quantitative estimate of drug-likeness (QED) is 0.657. The van der Waals surface area contributed by atoms with E-state index in [1.54, 1.807) is 0 Å². The third kappa shape index (κ3) is 4.27. The van der Waals surface area contributed by atoms with Crippen LogP contribution in [0.2, 0.25) is 0 Å². The van der Waals surface area contributed by atoms with Gasteiger partial charge in [-0.05, 0) is 58.6 Å². The molecular formula is C21H31N2OP. The minimum absolute atomic E-state index is 0.925. The number of hydrogen-bond donors (Lipinski definition) is 0. The molecule has 0 radical (unpaired) electrons. The second-order valence-corrected chi connectivity index (χ2v) is 9.19. The number of hydrogen-bond acceptors (Lipinski definition) is 3. The Morgan fingerprint density at radius 3 is 1.40 bits per heavy atom. The molecular weight excluding hydrogens is 327 g/mol. The molecule has 2 aromatic rings.